The molecule has 3 aliphatic heterocycles. The standard InChI is InChI=1S/C68H93N3O9/c1-61(2)60(80-61)49(75)31-62(3)20-17-38-34-70-56-45(52-44-29-43-40-12-10-9-11-37(40)13-14-41(43)53(42(44)15-16-47(52)73)68(78)24-27-79-28-25-68)35-71(57(38)56)36-46-54-55(62)48(74)32-65(54,6)64(5)21-19-50-63(4,23-26-69-8)51(76)33-67(22-18-39(72)30-67)66(50,7)59(64)58(46)77/h29,34-35,37,39-40,46,49-50,52,58-60,69-70,72,75,77-78H,9-28,30-33,36H2,1-8H3/t37-,39-,40+,46-,49-,50+,52+,58-,59+,60-,62+,63+,64+,65+,66-,67-/m1/s1. The van der Waals surface area contributed by atoms with Crippen LogP contribution in [-0.4, -0.2) is 104 Å². The Balaban J connectivity index is 0.972. The third kappa shape index (κ3) is 7.32. The summed E-state index contributed by atoms with van der Waals surface area (Å²) in [6.45, 7) is 17.7. The normalized spacial score (nSPS) is 42.9. The van der Waals surface area contributed by atoms with Crippen molar-refractivity contribution in [1.82, 2.24) is 14.9 Å². The number of hydrogen-bond donors (Lipinski definition) is 6. The Labute approximate surface area is 474 Å². The summed E-state index contributed by atoms with van der Waals surface area (Å²) in [6.07, 6.45) is 17.1. The van der Waals surface area contributed by atoms with Crippen molar-refractivity contribution in [2.24, 2.45) is 56.2 Å². The first kappa shape index (κ1) is 54.4. The van der Waals surface area contributed by atoms with Crippen LogP contribution in [0.3, 0.4) is 0 Å². The van der Waals surface area contributed by atoms with Gasteiger partial charge in [-0.1, -0.05) is 53.5 Å². The number of allylic oxidation sites excluding steroid dienone is 1. The minimum atomic E-state index is -1.03. The molecule has 7 fully saturated rings. The molecule has 12 heteroatoms. The van der Waals surface area contributed by atoms with Crippen LogP contribution in [0.2, 0.25) is 0 Å². The molecular formula is C68H93N3O9. The zero-order chi connectivity index (χ0) is 56.1. The van der Waals surface area contributed by atoms with E-state index in [-0.39, 0.29) is 35.3 Å². The van der Waals surface area contributed by atoms with Crippen LogP contribution in [0.4, 0.5) is 0 Å². The maximum Gasteiger partial charge on any atom is 0.160 e. The maximum atomic E-state index is 15.9. The van der Waals surface area contributed by atoms with Gasteiger partial charge in [-0.3, -0.25) is 14.4 Å². The third-order valence-electron chi connectivity index (χ3n) is 26.4. The fourth-order valence-electron chi connectivity index (χ4n) is 22.3. The molecule has 14 rings (SSSR count). The summed E-state index contributed by atoms with van der Waals surface area (Å²) in [5.41, 5.74) is 6.60. The zero-order valence-corrected chi connectivity index (χ0v) is 49.5. The first-order valence-corrected chi connectivity index (χ1v) is 31.9. The lowest BCUT2D eigenvalue weighted by atomic mass is 9.30. The van der Waals surface area contributed by atoms with E-state index in [1.165, 1.54) is 30.4 Å². The van der Waals surface area contributed by atoms with Gasteiger partial charge in [0.1, 0.15) is 17.7 Å². The second-order valence-electron chi connectivity index (χ2n) is 30.5. The molecule has 8 aliphatic carbocycles. The van der Waals surface area contributed by atoms with Crippen LogP contribution in [0.25, 0.3) is 11.0 Å². The number of aromatic amines is 1. The number of carbonyl (C=O) groups excluding carboxylic acids is 3. The average Bonchev–Trinajstić information content (AvgIpc) is 4.01. The van der Waals surface area contributed by atoms with Gasteiger partial charge in [0.25, 0.3) is 0 Å². The molecule has 0 radical (unpaired) electrons. The largest absolute Gasteiger partial charge is 0.393 e. The van der Waals surface area contributed by atoms with Crippen LogP contribution in [0.1, 0.15) is 215 Å². The fraction of sp³-hybridized carbons (Fsp3) is 0.750. The van der Waals surface area contributed by atoms with E-state index in [2.05, 4.69) is 67.9 Å². The minimum absolute atomic E-state index is 0.0487. The van der Waals surface area contributed by atoms with E-state index in [0.29, 0.717) is 115 Å². The number of ketones is 3. The minimum Gasteiger partial charge on any atom is -0.393 e. The van der Waals surface area contributed by atoms with Gasteiger partial charge in [0.05, 0.1) is 46.5 Å². The summed E-state index contributed by atoms with van der Waals surface area (Å²) in [4.78, 5) is 50.0. The molecule has 12 nitrogen and oxygen atoms in total. The van der Waals surface area contributed by atoms with Gasteiger partial charge in [-0.15, -0.1) is 0 Å². The predicted octanol–water partition coefficient (Wildman–Crippen LogP) is 10.1. The Hall–Kier alpha value is -3.49. The molecule has 6 N–H and O–H groups in total. The quantitative estimate of drug-likeness (QED) is 0.119. The lowest BCUT2D eigenvalue weighted by Crippen LogP contribution is -2.72. The summed E-state index contributed by atoms with van der Waals surface area (Å²) >= 11 is 0. The molecule has 2 saturated heterocycles. The van der Waals surface area contributed by atoms with Crippen LogP contribution >= 0.6 is 0 Å². The second kappa shape index (κ2) is 18.3. The number of aromatic nitrogens is 2. The highest BCUT2D eigenvalue weighted by Gasteiger charge is 2.78. The summed E-state index contributed by atoms with van der Waals surface area (Å²) in [5, 5.41) is 54.7. The van der Waals surface area contributed by atoms with Crippen molar-refractivity contribution >= 4 is 28.4 Å². The Morgan fingerprint density at radius 2 is 1.59 bits per heavy atom. The summed E-state index contributed by atoms with van der Waals surface area (Å²) in [5.74, 6) is 0.157. The number of aliphatic hydroxyl groups is 4. The van der Waals surface area contributed by atoms with E-state index >= 15 is 14.4 Å². The molecule has 5 saturated carbocycles. The van der Waals surface area contributed by atoms with Crippen LogP contribution in [0.15, 0.2) is 29.6 Å². The number of aliphatic hydroxyl groups excluding tert-OH is 3. The highest BCUT2D eigenvalue weighted by Crippen LogP contribution is 2.80. The highest BCUT2D eigenvalue weighted by molar-refractivity contribution is 6.02. The van der Waals surface area contributed by atoms with Gasteiger partial charge >= 0.3 is 0 Å². The Kier molecular flexibility index (Phi) is 12.4. The molecule has 0 amide bonds. The summed E-state index contributed by atoms with van der Waals surface area (Å²) in [6, 6.07) is 2.44. The van der Waals surface area contributed by atoms with Crippen molar-refractivity contribution in [2.75, 3.05) is 26.8 Å². The number of nitrogens with zero attached hydrogens (tertiary/aromatic N) is 1. The van der Waals surface area contributed by atoms with Crippen molar-refractivity contribution in [3.8, 4) is 0 Å². The number of carbonyl (C=O) groups is 3. The van der Waals surface area contributed by atoms with Crippen molar-refractivity contribution in [1.29, 1.82) is 0 Å². The number of hydrogen-bond acceptors (Lipinski definition) is 10. The maximum absolute atomic E-state index is 15.9. The second-order valence-corrected chi connectivity index (χ2v) is 30.5. The molecule has 5 heterocycles. The topological polar surface area (TPSA) is 187 Å². The SMILES string of the molecule is CNCC[C@]1(C)C(=O)C[C@]2(CC[C@@H](O)C2)[C@@]2(C)[C@H]3[C@H](O)[C@@H]4Cn5cc([C@H]6C(=O)CCc7c6cc6c(c7C7(O)CCOCC7)CC[C@H]7CCCC[C@H]67)c6[nH]cc(c65)CC[C@@](C)(C[C@@H](O)[C@H]5OC5(C)C)C5=C4[C@](C)(CC5=O)[C@@]3(C)CC[C@H]21. The van der Waals surface area contributed by atoms with Gasteiger partial charge in [-0.25, -0.2) is 0 Å². The number of epoxide rings is 1. The summed E-state index contributed by atoms with van der Waals surface area (Å²) < 4.78 is 14.4. The first-order valence-electron chi connectivity index (χ1n) is 31.9. The number of rotatable bonds is 8. The molecule has 3 aromatic rings. The van der Waals surface area contributed by atoms with Crippen LogP contribution in [0, 0.1) is 56.2 Å². The van der Waals surface area contributed by atoms with Crippen molar-refractivity contribution < 1.29 is 44.3 Å². The number of nitrogens with one attached hydrogen (secondary N) is 2. The number of aryl methyl sites for hydroxylation is 1. The van der Waals surface area contributed by atoms with E-state index < -0.39 is 73.8 Å². The van der Waals surface area contributed by atoms with Gasteiger partial charge in [0.2, 0.25) is 0 Å². The van der Waals surface area contributed by atoms with Crippen LogP contribution < -0.4 is 5.32 Å². The van der Waals surface area contributed by atoms with Crippen molar-refractivity contribution in [3.05, 3.63) is 68.6 Å². The third-order valence-corrected chi connectivity index (χ3v) is 26.4. The predicted molar refractivity (Wildman–Crippen MR) is 306 cm³/mol. The molecule has 1 spiro atoms. The number of benzene rings is 1. The molecule has 11 aliphatic rings. The number of Topliss-reactive ketones (excluding diaryl/α,β-unsaturated/α-hetero) is 3. The van der Waals surface area contributed by atoms with Gasteiger partial charge in [0.15, 0.2) is 5.78 Å². The van der Waals surface area contributed by atoms with E-state index in [4.69, 9.17) is 9.47 Å². The van der Waals surface area contributed by atoms with Crippen LogP contribution in [-0.2, 0) is 55.3 Å². The van der Waals surface area contributed by atoms with E-state index in [1.807, 2.05) is 20.9 Å². The fourth-order valence-corrected chi connectivity index (χ4v) is 22.3. The molecule has 434 valence electrons. The van der Waals surface area contributed by atoms with Gasteiger partial charge in [0, 0.05) is 92.1 Å². The molecule has 0 bridgehead atoms. The smallest absolute Gasteiger partial charge is 0.160 e. The zero-order valence-electron chi connectivity index (χ0n) is 49.5. The molecule has 1 aromatic carbocycles. The molecular weight excluding hydrogens is 1000 g/mol. The number of H-pyrrole nitrogens is 1. The Bertz CT molecular complexity index is 3120. The Morgan fingerprint density at radius 3 is 2.31 bits per heavy atom. The molecule has 0 unspecified atom stereocenters. The Morgan fingerprint density at radius 1 is 0.838 bits per heavy atom. The van der Waals surface area contributed by atoms with Crippen LogP contribution in [0.5, 0.6) is 0 Å². The lowest BCUT2D eigenvalue weighted by molar-refractivity contribution is -0.262. The lowest BCUT2D eigenvalue weighted by Gasteiger charge is -2.74. The molecule has 80 heavy (non-hydrogen) atoms. The number of ether oxygens (including phenoxy) is 2. The van der Waals surface area contributed by atoms with Gasteiger partial charge < -0.3 is 44.8 Å². The summed E-state index contributed by atoms with van der Waals surface area (Å²) in [7, 11) is 1.96. The number of fused-ring (bicyclic) bond motifs is 9. The van der Waals surface area contributed by atoms with Crippen molar-refractivity contribution in [3.63, 3.8) is 0 Å². The van der Waals surface area contributed by atoms with E-state index in [0.717, 1.165) is 88.5 Å². The van der Waals surface area contributed by atoms with E-state index in [1.54, 1.807) is 0 Å². The highest BCUT2D eigenvalue weighted by atomic mass is 16.6. The average molecular weight is 1100 g/mol. The monoisotopic (exact) mass is 1100 g/mol. The molecule has 2 aromatic heterocycles. The van der Waals surface area contributed by atoms with Crippen molar-refractivity contribution in [2.45, 2.75) is 237 Å². The molecule has 16 atom stereocenters. The van der Waals surface area contributed by atoms with Gasteiger partial charge in [-0.05, 0) is 202 Å². The van der Waals surface area contributed by atoms with E-state index in [9.17, 15) is 20.4 Å². The first-order chi connectivity index (χ1) is 38.0. The van der Waals surface area contributed by atoms with Gasteiger partial charge in [-0.2, -0.15) is 0 Å².